The molecule has 0 amide bonds. The molecule has 0 atom stereocenters. The largest absolute Gasteiger partial charge is 0.369 e. The summed E-state index contributed by atoms with van der Waals surface area (Å²) in [5.74, 6) is -0.204. The van der Waals surface area contributed by atoms with E-state index in [4.69, 9.17) is 12.2 Å². The van der Waals surface area contributed by atoms with E-state index in [1.807, 2.05) is 19.1 Å². The monoisotopic (exact) mass is 294 g/mol. The van der Waals surface area contributed by atoms with E-state index in [-0.39, 0.29) is 5.82 Å². The minimum Gasteiger partial charge on any atom is -0.369 e. The Hall–Kier alpha value is -1.69. The van der Waals surface area contributed by atoms with Crippen LogP contribution in [0.4, 0.5) is 10.1 Å². The number of hydrazone groups is 1. The van der Waals surface area contributed by atoms with Crippen LogP contribution in [0.5, 0.6) is 0 Å². The number of hydrogen-bond acceptors (Lipinski definition) is 3. The SMILES string of the molecule is CCNC(=S)N/N=C\c1ccc(N2CCCC2)c(F)c1. The second kappa shape index (κ2) is 7.19. The van der Waals surface area contributed by atoms with E-state index >= 15 is 0 Å². The number of rotatable bonds is 4. The first-order valence-corrected chi connectivity index (χ1v) is 7.23. The molecule has 1 fully saturated rings. The minimum absolute atomic E-state index is 0.204. The Bertz CT molecular complexity index is 498. The Morgan fingerprint density at radius 3 is 2.85 bits per heavy atom. The number of nitrogens with one attached hydrogen (secondary N) is 2. The first-order valence-electron chi connectivity index (χ1n) is 6.82. The zero-order valence-corrected chi connectivity index (χ0v) is 12.3. The lowest BCUT2D eigenvalue weighted by Crippen LogP contribution is -2.31. The molecular formula is C14H19FN4S. The Balaban J connectivity index is 1.98. The van der Waals surface area contributed by atoms with Crippen molar-refractivity contribution in [3.8, 4) is 0 Å². The Morgan fingerprint density at radius 2 is 2.20 bits per heavy atom. The lowest BCUT2D eigenvalue weighted by molar-refractivity contribution is 0.623. The minimum atomic E-state index is -0.204. The molecule has 0 saturated carbocycles. The molecule has 0 aliphatic carbocycles. The van der Waals surface area contributed by atoms with E-state index < -0.39 is 0 Å². The summed E-state index contributed by atoms with van der Waals surface area (Å²) in [7, 11) is 0. The second-order valence-corrected chi connectivity index (χ2v) is 5.04. The summed E-state index contributed by atoms with van der Waals surface area (Å²) in [5.41, 5.74) is 4.06. The quantitative estimate of drug-likeness (QED) is 0.507. The van der Waals surface area contributed by atoms with Crippen LogP contribution in [-0.4, -0.2) is 31.0 Å². The summed E-state index contributed by atoms with van der Waals surface area (Å²) in [5, 5.41) is 7.34. The van der Waals surface area contributed by atoms with Crippen LogP contribution in [0, 0.1) is 5.82 Å². The molecule has 20 heavy (non-hydrogen) atoms. The molecule has 0 radical (unpaired) electrons. The van der Waals surface area contributed by atoms with Gasteiger partial charge in [0.1, 0.15) is 5.82 Å². The van der Waals surface area contributed by atoms with Crippen molar-refractivity contribution < 1.29 is 4.39 Å². The van der Waals surface area contributed by atoms with Crippen LogP contribution in [0.15, 0.2) is 23.3 Å². The highest BCUT2D eigenvalue weighted by Gasteiger charge is 2.15. The number of thiocarbonyl (C=S) groups is 1. The van der Waals surface area contributed by atoms with Crippen LogP contribution in [0.2, 0.25) is 0 Å². The average molecular weight is 294 g/mol. The fraction of sp³-hybridized carbons (Fsp3) is 0.429. The number of halogens is 1. The number of benzene rings is 1. The molecule has 2 rings (SSSR count). The average Bonchev–Trinajstić information content (AvgIpc) is 2.93. The molecule has 1 saturated heterocycles. The van der Waals surface area contributed by atoms with Crippen molar-refractivity contribution in [1.82, 2.24) is 10.7 Å². The van der Waals surface area contributed by atoms with Crippen molar-refractivity contribution in [3.05, 3.63) is 29.6 Å². The van der Waals surface area contributed by atoms with Gasteiger partial charge in [-0.3, -0.25) is 5.43 Å². The summed E-state index contributed by atoms with van der Waals surface area (Å²) in [6.07, 6.45) is 3.82. The van der Waals surface area contributed by atoms with Crippen molar-refractivity contribution >= 4 is 29.2 Å². The predicted molar refractivity (Wildman–Crippen MR) is 84.9 cm³/mol. The molecule has 0 aromatic heterocycles. The zero-order valence-electron chi connectivity index (χ0n) is 11.5. The van der Waals surface area contributed by atoms with E-state index in [1.165, 1.54) is 6.07 Å². The molecule has 0 unspecified atom stereocenters. The topological polar surface area (TPSA) is 39.7 Å². The van der Waals surface area contributed by atoms with Gasteiger partial charge < -0.3 is 10.2 Å². The van der Waals surface area contributed by atoms with Crippen molar-refractivity contribution in [2.45, 2.75) is 19.8 Å². The van der Waals surface area contributed by atoms with Gasteiger partial charge in [-0.15, -0.1) is 0 Å². The highest BCUT2D eigenvalue weighted by atomic mass is 32.1. The first-order chi connectivity index (χ1) is 9.70. The van der Waals surface area contributed by atoms with E-state index in [1.54, 1.807) is 6.21 Å². The molecule has 4 nitrogen and oxygen atoms in total. The normalized spacial score (nSPS) is 14.8. The predicted octanol–water partition coefficient (Wildman–Crippen LogP) is 2.24. The van der Waals surface area contributed by atoms with Gasteiger partial charge in [-0.25, -0.2) is 4.39 Å². The van der Waals surface area contributed by atoms with Gasteiger partial charge in [-0.1, -0.05) is 6.07 Å². The fourth-order valence-electron chi connectivity index (χ4n) is 2.18. The summed E-state index contributed by atoms with van der Waals surface area (Å²) in [6, 6.07) is 5.16. The third-order valence-corrected chi connectivity index (χ3v) is 3.37. The summed E-state index contributed by atoms with van der Waals surface area (Å²) in [4.78, 5) is 2.08. The summed E-state index contributed by atoms with van der Waals surface area (Å²) >= 11 is 4.97. The van der Waals surface area contributed by atoms with Gasteiger partial charge in [0.15, 0.2) is 5.11 Å². The molecule has 1 heterocycles. The van der Waals surface area contributed by atoms with Crippen LogP contribution < -0.4 is 15.6 Å². The van der Waals surface area contributed by atoms with Crippen LogP contribution in [0.25, 0.3) is 0 Å². The van der Waals surface area contributed by atoms with Crippen molar-refractivity contribution in [2.75, 3.05) is 24.5 Å². The number of hydrogen-bond donors (Lipinski definition) is 2. The van der Waals surface area contributed by atoms with Gasteiger partial charge in [0.2, 0.25) is 0 Å². The molecule has 1 aromatic rings. The highest BCUT2D eigenvalue weighted by molar-refractivity contribution is 7.80. The van der Waals surface area contributed by atoms with Crippen LogP contribution in [-0.2, 0) is 0 Å². The number of anilines is 1. The Labute approximate surface area is 124 Å². The third kappa shape index (κ3) is 3.90. The van der Waals surface area contributed by atoms with Gasteiger partial charge in [-0.05, 0) is 49.7 Å². The lowest BCUT2D eigenvalue weighted by atomic mass is 10.2. The highest BCUT2D eigenvalue weighted by Crippen LogP contribution is 2.23. The smallest absolute Gasteiger partial charge is 0.186 e. The standard InChI is InChI=1S/C14H19FN4S/c1-2-16-14(20)18-17-10-11-5-6-13(12(15)9-11)19-7-3-4-8-19/h5-6,9-10H,2-4,7-8H2,1H3,(H2,16,18,20)/b17-10-. The third-order valence-electron chi connectivity index (χ3n) is 3.14. The maximum Gasteiger partial charge on any atom is 0.186 e. The first kappa shape index (κ1) is 14.7. The molecule has 1 aliphatic rings. The zero-order chi connectivity index (χ0) is 14.4. The van der Waals surface area contributed by atoms with Crippen molar-refractivity contribution in [2.24, 2.45) is 5.10 Å². The van der Waals surface area contributed by atoms with Gasteiger partial charge in [0, 0.05) is 19.6 Å². The Morgan fingerprint density at radius 1 is 1.45 bits per heavy atom. The molecule has 0 bridgehead atoms. The molecule has 6 heteroatoms. The number of nitrogens with zero attached hydrogens (tertiary/aromatic N) is 2. The second-order valence-electron chi connectivity index (χ2n) is 4.63. The molecule has 0 spiro atoms. The van der Waals surface area contributed by atoms with Crippen molar-refractivity contribution in [1.29, 1.82) is 0 Å². The molecule has 1 aromatic carbocycles. The van der Waals surface area contributed by atoms with Gasteiger partial charge in [0.05, 0.1) is 11.9 Å². The van der Waals surface area contributed by atoms with Gasteiger partial charge >= 0.3 is 0 Å². The van der Waals surface area contributed by atoms with Crippen LogP contribution in [0.1, 0.15) is 25.3 Å². The molecule has 108 valence electrons. The fourth-order valence-corrected chi connectivity index (χ4v) is 2.38. The summed E-state index contributed by atoms with van der Waals surface area (Å²) < 4.78 is 14.0. The van der Waals surface area contributed by atoms with E-state index in [9.17, 15) is 4.39 Å². The van der Waals surface area contributed by atoms with Crippen LogP contribution in [0.3, 0.4) is 0 Å². The molecule has 1 aliphatic heterocycles. The van der Waals surface area contributed by atoms with E-state index in [0.29, 0.717) is 16.4 Å². The van der Waals surface area contributed by atoms with E-state index in [0.717, 1.165) is 32.5 Å². The van der Waals surface area contributed by atoms with Gasteiger partial charge in [0.25, 0.3) is 0 Å². The maximum absolute atomic E-state index is 14.0. The van der Waals surface area contributed by atoms with E-state index in [2.05, 4.69) is 20.7 Å². The van der Waals surface area contributed by atoms with Crippen molar-refractivity contribution in [3.63, 3.8) is 0 Å². The Kier molecular flexibility index (Phi) is 5.29. The van der Waals surface area contributed by atoms with Gasteiger partial charge in [-0.2, -0.15) is 5.10 Å². The summed E-state index contributed by atoms with van der Waals surface area (Å²) in [6.45, 7) is 4.55. The molecular weight excluding hydrogens is 275 g/mol. The lowest BCUT2D eigenvalue weighted by Gasteiger charge is -2.18. The van der Waals surface area contributed by atoms with Crippen LogP contribution >= 0.6 is 12.2 Å². The molecule has 2 N–H and O–H groups in total. The maximum atomic E-state index is 14.0.